The molecule has 1 nitrogen and oxygen atoms in total. The molecule has 0 radical (unpaired) electrons. The quantitative estimate of drug-likeness (QED) is 0.711. The van der Waals surface area contributed by atoms with E-state index >= 15 is 0 Å². The molecule has 0 aromatic carbocycles. The fourth-order valence-corrected chi connectivity index (χ4v) is 3.50. The molecule has 1 rings (SSSR count). The van der Waals surface area contributed by atoms with Gasteiger partial charge in [-0.25, -0.2) is 0 Å². The predicted molar refractivity (Wildman–Crippen MR) is 77.0 cm³/mol. The third kappa shape index (κ3) is 4.28. The van der Waals surface area contributed by atoms with Crippen LogP contribution in [-0.2, 0) is 0 Å². The van der Waals surface area contributed by atoms with Gasteiger partial charge in [-0.2, -0.15) is 0 Å². The van der Waals surface area contributed by atoms with Crippen molar-refractivity contribution in [2.24, 2.45) is 23.5 Å². The first kappa shape index (κ1) is 15.0. The van der Waals surface area contributed by atoms with E-state index in [2.05, 4.69) is 27.7 Å². The normalized spacial score (nSPS) is 35.8. The van der Waals surface area contributed by atoms with Crippen molar-refractivity contribution in [3.63, 3.8) is 0 Å². The summed E-state index contributed by atoms with van der Waals surface area (Å²) < 4.78 is 0. The van der Waals surface area contributed by atoms with Crippen molar-refractivity contribution < 1.29 is 0 Å². The molecule has 0 amide bonds. The molecule has 1 aliphatic rings. The Morgan fingerprint density at radius 1 is 1.29 bits per heavy atom. The van der Waals surface area contributed by atoms with Crippen LogP contribution in [0.15, 0.2) is 0 Å². The van der Waals surface area contributed by atoms with Crippen molar-refractivity contribution >= 4 is 0 Å². The lowest BCUT2D eigenvalue weighted by molar-refractivity contribution is 0.129. The molecule has 0 aliphatic heterocycles. The maximum absolute atomic E-state index is 6.71. The average Bonchev–Trinajstić information content (AvgIpc) is 2.30. The van der Waals surface area contributed by atoms with Gasteiger partial charge in [0, 0.05) is 5.54 Å². The predicted octanol–water partition coefficient (Wildman–Crippen LogP) is 4.75. The Morgan fingerprint density at radius 3 is 2.53 bits per heavy atom. The van der Waals surface area contributed by atoms with Gasteiger partial charge in [0.05, 0.1) is 0 Å². The number of rotatable bonds is 6. The molecule has 0 spiro atoms. The summed E-state index contributed by atoms with van der Waals surface area (Å²) >= 11 is 0. The number of hydrogen-bond acceptors (Lipinski definition) is 1. The van der Waals surface area contributed by atoms with Crippen LogP contribution in [0.1, 0.15) is 79.1 Å². The number of nitrogens with two attached hydrogens (primary N) is 1. The Kier molecular flexibility index (Phi) is 5.99. The first-order valence-corrected chi connectivity index (χ1v) is 7.80. The molecule has 0 aromatic heterocycles. The SMILES string of the molecule is CCCCC(CC)CC1(N)CCC(C)CC1C. The fraction of sp³-hybridized carbons (Fsp3) is 1.00. The maximum Gasteiger partial charge on any atom is 0.0183 e. The van der Waals surface area contributed by atoms with Crippen molar-refractivity contribution in [2.75, 3.05) is 0 Å². The van der Waals surface area contributed by atoms with Crippen LogP contribution in [0.5, 0.6) is 0 Å². The topological polar surface area (TPSA) is 26.0 Å². The Morgan fingerprint density at radius 2 is 2.00 bits per heavy atom. The minimum atomic E-state index is 0.140. The molecule has 0 heterocycles. The first-order valence-electron chi connectivity index (χ1n) is 7.80. The second kappa shape index (κ2) is 6.78. The van der Waals surface area contributed by atoms with Gasteiger partial charge in [-0.05, 0) is 43.4 Å². The molecule has 2 N–H and O–H groups in total. The van der Waals surface area contributed by atoms with Gasteiger partial charge in [0.25, 0.3) is 0 Å². The van der Waals surface area contributed by atoms with E-state index in [4.69, 9.17) is 5.73 Å². The molecule has 1 saturated carbocycles. The molecular weight excluding hydrogens is 206 g/mol. The largest absolute Gasteiger partial charge is 0.325 e. The molecule has 4 atom stereocenters. The monoisotopic (exact) mass is 239 g/mol. The highest BCUT2D eigenvalue weighted by atomic mass is 14.8. The summed E-state index contributed by atoms with van der Waals surface area (Å²) in [4.78, 5) is 0. The lowest BCUT2D eigenvalue weighted by Gasteiger charge is -2.44. The zero-order valence-corrected chi connectivity index (χ0v) is 12.5. The van der Waals surface area contributed by atoms with Crippen LogP contribution in [0.3, 0.4) is 0 Å². The van der Waals surface area contributed by atoms with Crippen LogP contribution in [0.2, 0.25) is 0 Å². The molecule has 4 unspecified atom stereocenters. The van der Waals surface area contributed by atoms with Gasteiger partial charge in [-0.1, -0.05) is 53.4 Å². The highest BCUT2D eigenvalue weighted by Gasteiger charge is 2.37. The van der Waals surface area contributed by atoms with Gasteiger partial charge in [0.1, 0.15) is 0 Å². The standard InChI is InChI=1S/C16H33N/c1-5-7-8-15(6-2)12-16(17)10-9-13(3)11-14(16)4/h13-15H,5-12,17H2,1-4H3. The molecule has 1 fully saturated rings. The minimum absolute atomic E-state index is 0.140. The summed E-state index contributed by atoms with van der Waals surface area (Å²) in [6, 6.07) is 0. The summed E-state index contributed by atoms with van der Waals surface area (Å²) in [5.74, 6) is 2.45. The van der Waals surface area contributed by atoms with E-state index in [1.807, 2.05) is 0 Å². The second-order valence-corrected chi connectivity index (χ2v) is 6.63. The molecule has 0 bridgehead atoms. The van der Waals surface area contributed by atoms with E-state index < -0.39 is 0 Å². The third-order valence-electron chi connectivity index (χ3n) is 5.05. The number of unbranched alkanes of at least 4 members (excludes halogenated alkanes) is 1. The van der Waals surface area contributed by atoms with E-state index in [0.29, 0.717) is 5.92 Å². The van der Waals surface area contributed by atoms with E-state index in [-0.39, 0.29) is 5.54 Å². The number of hydrogen-bond donors (Lipinski definition) is 1. The van der Waals surface area contributed by atoms with Gasteiger partial charge in [-0.3, -0.25) is 0 Å². The van der Waals surface area contributed by atoms with Crippen molar-refractivity contribution in [2.45, 2.75) is 84.6 Å². The van der Waals surface area contributed by atoms with Gasteiger partial charge < -0.3 is 5.73 Å². The average molecular weight is 239 g/mol. The van der Waals surface area contributed by atoms with E-state index in [0.717, 1.165) is 11.8 Å². The molecule has 1 heteroatoms. The van der Waals surface area contributed by atoms with Gasteiger partial charge in [-0.15, -0.1) is 0 Å². The highest BCUT2D eigenvalue weighted by molar-refractivity contribution is 4.95. The van der Waals surface area contributed by atoms with Crippen molar-refractivity contribution in [1.82, 2.24) is 0 Å². The summed E-state index contributed by atoms with van der Waals surface area (Å²) in [6.07, 6.45) is 10.6. The molecular formula is C16H33N. The van der Waals surface area contributed by atoms with Crippen molar-refractivity contribution in [3.8, 4) is 0 Å². The second-order valence-electron chi connectivity index (χ2n) is 6.63. The smallest absolute Gasteiger partial charge is 0.0183 e. The van der Waals surface area contributed by atoms with E-state index in [1.54, 1.807) is 0 Å². The van der Waals surface area contributed by atoms with Gasteiger partial charge >= 0.3 is 0 Å². The Labute approximate surface area is 109 Å². The van der Waals surface area contributed by atoms with Crippen LogP contribution in [0, 0.1) is 17.8 Å². The molecule has 0 aromatic rings. The fourth-order valence-electron chi connectivity index (χ4n) is 3.50. The van der Waals surface area contributed by atoms with Crippen LogP contribution in [0.4, 0.5) is 0 Å². The Bertz CT molecular complexity index is 214. The van der Waals surface area contributed by atoms with Crippen LogP contribution >= 0.6 is 0 Å². The van der Waals surface area contributed by atoms with Crippen LogP contribution in [0.25, 0.3) is 0 Å². The van der Waals surface area contributed by atoms with Gasteiger partial charge in [0.2, 0.25) is 0 Å². The molecule has 17 heavy (non-hydrogen) atoms. The van der Waals surface area contributed by atoms with E-state index in [1.165, 1.54) is 51.4 Å². The minimum Gasteiger partial charge on any atom is -0.325 e. The summed E-state index contributed by atoms with van der Waals surface area (Å²) in [5, 5.41) is 0. The zero-order valence-electron chi connectivity index (χ0n) is 12.5. The molecule has 1 aliphatic carbocycles. The van der Waals surface area contributed by atoms with E-state index in [9.17, 15) is 0 Å². The van der Waals surface area contributed by atoms with Crippen LogP contribution < -0.4 is 5.73 Å². The summed E-state index contributed by atoms with van der Waals surface area (Å²) in [6.45, 7) is 9.38. The van der Waals surface area contributed by atoms with Crippen molar-refractivity contribution in [1.29, 1.82) is 0 Å². The third-order valence-corrected chi connectivity index (χ3v) is 5.05. The highest BCUT2D eigenvalue weighted by Crippen LogP contribution is 2.40. The van der Waals surface area contributed by atoms with Crippen molar-refractivity contribution in [3.05, 3.63) is 0 Å². The van der Waals surface area contributed by atoms with Gasteiger partial charge in [0.15, 0.2) is 0 Å². The summed E-state index contributed by atoms with van der Waals surface area (Å²) in [5.41, 5.74) is 6.85. The maximum atomic E-state index is 6.71. The first-order chi connectivity index (χ1) is 8.01. The Balaban J connectivity index is 2.51. The van der Waals surface area contributed by atoms with Crippen LogP contribution in [-0.4, -0.2) is 5.54 Å². The zero-order chi connectivity index (χ0) is 12.9. The summed E-state index contributed by atoms with van der Waals surface area (Å²) in [7, 11) is 0. The Hall–Kier alpha value is -0.0400. The lowest BCUT2D eigenvalue weighted by atomic mass is 9.66. The lowest BCUT2D eigenvalue weighted by Crippen LogP contribution is -2.50. The molecule has 0 saturated heterocycles. The molecule has 102 valence electrons.